The second kappa shape index (κ2) is 7.58. The Hall–Kier alpha value is -2.20. The van der Waals surface area contributed by atoms with Crippen molar-refractivity contribution >= 4 is 0 Å². The largest absolute Gasteiger partial charge is 0.496 e. The first kappa shape index (κ1) is 16.7. The van der Waals surface area contributed by atoms with Gasteiger partial charge in [0.1, 0.15) is 23.0 Å². The number of nitrogens with zero attached hydrogens (tertiary/aromatic N) is 1. The van der Waals surface area contributed by atoms with Crippen LogP contribution in [0.25, 0.3) is 0 Å². The summed E-state index contributed by atoms with van der Waals surface area (Å²) in [5, 5.41) is 0. The second-order valence-electron chi connectivity index (χ2n) is 6.19. The molecule has 1 saturated heterocycles. The maximum atomic E-state index is 5.98. The van der Waals surface area contributed by atoms with Crippen LogP contribution in [0.1, 0.15) is 24.0 Å². The highest BCUT2D eigenvalue weighted by Crippen LogP contribution is 2.31. The summed E-state index contributed by atoms with van der Waals surface area (Å²) in [5.41, 5.74) is 2.25. The third-order valence-corrected chi connectivity index (χ3v) is 4.45. The Morgan fingerprint density at radius 1 is 0.875 bits per heavy atom. The van der Waals surface area contributed by atoms with Gasteiger partial charge in [0.25, 0.3) is 0 Å². The first-order chi connectivity index (χ1) is 11.7. The average molecular weight is 327 g/mol. The number of hydrogen-bond donors (Lipinski definition) is 0. The monoisotopic (exact) mass is 327 g/mol. The molecule has 2 aromatic carbocycles. The van der Waals surface area contributed by atoms with Gasteiger partial charge >= 0.3 is 0 Å². The molecule has 24 heavy (non-hydrogen) atoms. The van der Waals surface area contributed by atoms with Crippen LogP contribution in [0.3, 0.4) is 0 Å². The number of aryl methyl sites for hydroxylation is 1. The molecule has 1 fully saturated rings. The van der Waals surface area contributed by atoms with E-state index in [1.54, 1.807) is 14.2 Å². The smallest absolute Gasteiger partial charge is 0.131 e. The van der Waals surface area contributed by atoms with Gasteiger partial charge in [-0.2, -0.15) is 0 Å². The van der Waals surface area contributed by atoms with Crippen LogP contribution >= 0.6 is 0 Å². The minimum absolute atomic E-state index is 0.779. The van der Waals surface area contributed by atoms with E-state index in [-0.39, 0.29) is 0 Å². The van der Waals surface area contributed by atoms with Crippen LogP contribution in [0.5, 0.6) is 23.0 Å². The predicted molar refractivity (Wildman–Crippen MR) is 95.3 cm³/mol. The summed E-state index contributed by atoms with van der Waals surface area (Å²) < 4.78 is 16.8. The molecule has 3 rings (SSSR count). The molecule has 4 heteroatoms. The SMILES string of the molecule is COc1ccc(Oc2ccc(CN3CCCC3)c(OC)c2)cc1C. The van der Waals surface area contributed by atoms with Gasteiger partial charge in [0.05, 0.1) is 14.2 Å². The molecule has 1 aliphatic heterocycles. The zero-order valence-corrected chi connectivity index (χ0v) is 14.7. The fourth-order valence-corrected chi connectivity index (χ4v) is 3.15. The molecule has 0 bridgehead atoms. The van der Waals surface area contributed by atoms with Crippen molar-refractivity contribution in [3.05, 3.63) is 47.5 Å². The van der Waals surface area contributed by atoms with Crippen LogP contribution in [0.2, 0.25) is 0 Å². The Morgan fingerprint density at radius 3 is 2.21 bits per heavy atom. The van der Waals surface area contributed by atoms with E-state index in [9.17, 15) is 0 Å². The zero-order valence-electron chi connectivity index (χ0n) is 14.7. The molecule has 0 unspecified atom stereocenters. The topological polar surface area (TPSA) is 30.9 Å². The lowest BCUT2D eigenvalue weighted by Crippen LogP contribution is -2.18. The summed E-state index contributed by atoms with van der Waals surface area (Å²) in [6.45, 7) is 5.29. The van der Waals surface area contributed by atoms with Crippen LogP contribution in [-0.4, -0.2) is 32.2 Å². The molecule has 0 N–H and O–H groups in total. The molecule has 0 atom stereocenters. The van der Waals surface area contributed by atoms with Crippen LogP contribution in [0.15, 0.2) is 36.4 Å². The summed E-state index contributed by atoms with van der Waals surface area (Å²) in [5.74, 6) is 3.31. The van der Waals surface area contributed by atoms with Gasteiger partial charge in [0.15, 0.2) is 0 Å². The summed E-state index contributed by atoms with van der Waals surface area (Å²) in [7, 11) is 3.39. The third kappa shape index (κ3) is 3.82. The number of likely N-dealkylation sites (tertiary alicyclic amines) is 1. The Labute approximate surface area is 144 Å². The summed E-state index contributed by atoms with van der Waals surface area (Å²) in [6.07, 6.45) is 2.58. The van der Waals surface area contributed by atoms with E-state index in [4.69, 9.17) is 14.2 Å². The van der Waals surface area contributed by atoms with Crippen molar-refractivity contribution in [1.82, 2.24) is 4.90 Å². The van der Waals surface area contributed by atoms with Crippen LogP contribution in [0, 0.1) is 6.92 Å². The Morgan fingerprint density at radius 2 is 1.54 bits per heavy atom. The normalized spacial score (nSPS) is 14.6. The summed E-state index contributed by atoms with van der Waals surface area (Å²) in [6, 6.07) is 11.9. The molecule has 0 aromatic heterocycles. The highest BCUT2D eigenvalue weighted by molar-refractivity contribution is 5.45. The van der Waals surface area contributed by atoms with E-state index >= 15 is 0 Å². The number of rotatable bonds is 6. The van der Waals surface area contributed by atoms with Crippen molar-refractivity contribution < 1.29 is 14.2 Å². The van der Waals surface area contributed by atoms with Gasteiger partial charge in [0, 0.05) is 18.2 Å². The molecular formula is C20H25NO3. The quantitative estimate of drug-likeness (QED) is 0.787. The van der Waals surface area contributed by atoms with Crippen molar-refractivity contribution in [3.63, 3.8) is 0 Å². The zero-order chi connectivity index (χ0) is 16.9. The first-order valence-electron chi connectivity index (χ1n) is 8.41. The molecule has 0 amide bonds. The minimum Gasteiger partial charge on any atom is -0.496 e. The molecule has 128 valence electrons. The lowest BCUT2D eigenvalue weighted by molar-refractivity contribution is 0.320. The lowest BCUT2D eigenvalue weighted by atomic mass is 10.1. The number of hydrogen-bond acceptors (Lipinski definition) is 4. The fourth-order valence-electron chi connectivity index (χ4n) is 3.15. The predicted octanol–water partition coefficient (Wildman–Crippen LogP) is 4.40. The third-order valence-electron chi connectivity index (χ3n) is 4.45. The summed E-state index contributed by atoms with van der Waals surface area (Å²) in [4.78, 5) is 2.46. The Balaban J connectivity index is 1.75. The molecule has 0 aliphatic carbocycles. The molecule has 1 heterocycles. The van der Waals surface area contributed by atoms with Crippen molar-refractivity contribution in [2.24, 2.45) is 0 Å². The summed E-state index contributed by atoms with van der Waals surface area (Å²) >= 11 is 0. The maximum absolute atomic E-state index is 5.98. The second-order valence-corrected chi connectivity index (χ2v) is 6.19. The molecule has 0 radical (unpaired) electrons. The van der Waals surface area contributed by atoms with Crippen molar-refractivity contribution in [2.45, 2.75) is 26.3 Å². The highest BCUT2D eigenvalue weighted by atomic mass is 16.5. The van der Waals surface area contributed by atoms with Gasteiger partial charge in [-0.1, -0.05) is 6.07 Å². The molecule has 4 nitrogen and oxygen atoms in total. The van der Waals surface area contributed by atoms with Crippen molar-refractivity contribution in [3.8, 4) is 23.0 Å². The van der Waals surface area contributed by atoms with E-state index in [1.165, 1.54) is 31.5 Å². The van der Waals surface area contributed by atoms with E-state index in [2.05, 4.69) is 11.0 Å². The molecule has 0 saturated carbocycles. The molecule has 1 aliphatic rings. The maximum Gasteiger partial charge on any atom is 0.131 e. The highest BCUT2D eigenvalue weighted by Gasteiger charge is 2.15. The van der Waals surface area contributed by atoms with Crippen LogP contribution < -0.4 is 14.2 Å². The van der Waals surface area contributed by atoms with E-state index in [0.29, 0.717) is 0 Å². The van der Waals surface area contributed by atoms with E-state index < -0.39 is 0 Å². The van der Waals surface area contributed by atoms with Crippen LogP contribution in [-0.2, 0) is 6.54 Å². The van der Waals surface area contributed by atoms with Crippen molar-refractivity contribution in [1.29, 1.82) is 0 Å². The minimum atomic E-state index is 0.779. The van der Waals surface area contributed by atoms with Gasteiger partial charge in [0.2, 0.25) is 0 Å². The molecular weight excluding hydrogens is 302 g/mol. The lowest BCUT2D eigenvalue weighted by Gasteiger charge is -2.18. The van der Waals surface area contributed by atoms with Gasteiger partial charge in [-0.15, -0.1) is 0 Å². The number of benzene rings is 2. The van der Waals surface area contributed by atoms with Gasteiger partial charge in [-0.05, 0) is 62.7 Å². The Bertz CT molecular complexity index is 693. The van der Waals surface area contributed by atoms with E-state index in [0.717, 1.165) is 35.1 Å². The van der Waals surface area contributed by atoms with Gasteiger partial charge < -0.3 is 14.2 Å². The molecule has 0 spiro atoms. The van der Waals surface area contributed by atoms with E-state index in [1.807, 2.05) is 37.3 Å². The number of methoxy groups -OCH3 is 2. The fraction of sp³-hybridized carbons (Fsp3) is 0.400. The average Bonchev–Trinajstić information content (AvgIpc) is 3.09. The van der Waals surface area contributed by atoms with Crippen molar-refractivity contribution in [2.75, 3.05) is 27.3 Å². The van der Waals surface area contributed by atoms with Gasteiger partial charge in [-0.25, -0.2) is 0 Å². The van der Waals surface area contributed by atoms with Gasteiger partial charge in [-0.3, -0.25) is 4.90 Å². The standard InChI is InChI=1S/C20H25NO3/c1-15-12-17(8-9-19(15)22-2)24-18-7-6-16(20(13-18)23-3)14-21-10-4-5-11-21/h6-9,12-13H,4-5,10-11,14H2,1-3H3. The van der Waals surface area contributed by atoms with Crippen LogP contribution in [0.4, 0.5) is 0 Å². The Kier molecular flexibility index (Phi) is 5.26. The molecule has 2 aromatic rings. The first-order valence-corrected chi connectivity index (χ1v) is 8.41. The number of ether oxygens (including phenoxy) is 3.